The standard InChI is InChI=1S/C38H37ClFN5O3/c1-2-45(35(33-22-42-23-43-33)21-25-6-10-26(11-7-25)27-12-16-29(40)17-13-27)34-18-19-48-36-30(34)4-3-5-31(36)38(47)44-32(37(41)46)20-24-8-14-28(39)15-9-24/h3-17,22-23,32,34-35H,2,18-21H2,1H3,(H2,41,46)(H,42,43)(H,44,47)/t32-,34?,35?/m0/s1. The zero-order chi connectivity index (χ0) is 33.6. The van der Waals surface area contributed by atoms with Crippen molar-refractivity contribution >= 4 is 23.4 Å². The van der Waals surface area contributed by atoms with Crippen LogP contribution in [0.25, 0.3) is 11.1 Å². The summed E-state index contributed by atoms with van der Waals surface area (Å²) >= 11 is 6.01. The molecule has 0 fully saturated rings. The number of H-pyrrole nitrogens is 1. The van der Waals surface area contributed by atoms with Crippen molar-refractivity contribution in [3.63, 3.8) is 0 Å². The van der Waals surface area contributed by atoms with Crippen LogP contribution in [0.4, 0.5) is 4.39 Å². The topological polar surface area (TPSA) is 113 Å². The molecule has 8 nitrogen and oxygen atoms in total. The molecule has 1 aliphatic rings. The fourth-order valence-electron chi connectivity index (χ4n) is 6.46. The zero-order valence-corrected chi connectivity index (χ0v) is 27.3. The largest absolute Gasteiger partial charge is 0.492 e. The molecule has 5 aromatic rings. The minimum Gasteiger partial charge on any atom is -0.492 e. The van der Waals surface area contributed by atoms with E-state index in [0.29, 0.717) is 29.4 Å². The number of amides is 2. The van der Waals surface area contributed by atoms with Crippen molar-refractivity contribution in [3.05, 3.63) is 142 Å². The number of nitrogens with one attached hydrogen (secondary N) is 2. The number of ether oxygens (including phenoxy) is 1. The molecule has 0 bridgehead atoms. The highest BCUT2D eigenvalue weighted by Gasteiger charge is 2.34. The van der Waals surface area contributed by atoms with E-state index in [1.165, 1.54) is 12.1 Å². The molecule has 2 amide bonds. The first-order valence-electron chi connectivity index (χ1n) is 16.0. The van der Waals surface area contributed by atoms with Crippen LogP contribution in [0, 0.1) is 5.82 Å². The van der Waals surface area contributed by atoms with Gasteiger partial charge in [-0.1, -0.05) is 79.2 Å². The number of fused-ring (bicyclic) bond motifs is 1. The first-order valence-corrected chi connectivity index (χ1v) is 16.4. The van der Waals surface area contributed by atoms with Crippen LogP contribution >= 0.6 is 11.6 Å². The van der Waals surface area contributed by atoms with Gasteiger partial charge in [-0.25, -0.2) is 9.37 Å². The first-order chi connectivity index (χ1) is 23.3. The minimum atomic E-state index is -0.916. The van der Waals surface area contributed by atoms with Gasteiger partial charge in [-0.3, -0.25) is 14.5 Å². The Hall–Kier alpha value is -4.99. The Morgan fingerprint density at radius 3 is 2.31 bits per heavy atom. The smallest absolute Gasteiger partial charge is 0.255 e. The van der Waals surface area contributed by atoms with Gasteiger partial charge in [-0.15, -0.1) is 0 Å². The summed E-state index contributed by atoms with van der Waals surface area (Å²) in [5.74, 6) is -0.817. The summed E-state index contributed by atoms with van der Waals surface area (Å²) in [5, 5.41) is 3.41. The fourth-order valence-corrected chi connectivity index (χ4v) is 6.58. The molecule has 3 atom stereocenters. The summed E-state index contributed by atoms with van der Waals surface area (Å²) in [6, 6.07) is 26.4. The van der Waals surface area contributed by atoms with E-state index in [0.717, 1.165) is 46.5 Å². The molecular weight excluding hydrogens is 629 g/mol. The van der Waals surface area contributed by atoms with Gasteiger partial charge in [-0.05, 0) is 65.6 Å². The Morgan fingerprint density at radius 2 is 1.67 bits per heavy atom. The van der Waals surface area contributed by atoms with Gasteiger partial charge >= 0.3 is 0 Å². The molecular formula is C38H37ClFN5O3. The van der Waals surface area contributed by atoms with Gasteiger partial charge in [0.1, 0.15) is 17.6 Å². The van der Waals surface area contributed by atoms with Crippen LogP contribution in [0.15, 0.2) is 104 Å². The third-order valence-electron chi connectivity index (χ3n) is 8.89. The molecule has 4 N–H and O–H groups in total. The number of aromatic amines is 1. The van der Waals surface area contributed by atoms with Crippen LogP contribution in [0.3, 0.4) is 0 Å². The molecule has 1 aliphatic heterocycles. The Balaban J connectivity index is 1.25. The number of primary amides is 1. The van der Waals surface area contributed by atoms with Gasteiger partial charge in [0.15, 0.2) is 0 Å². The minimum absolute atomic E-state index is 0.0544. The second-order valence-electron chi connectivity index (χ2n) is 11.9. The summed E-state index contributed by atoms with van der Waals surface area (Å²) in [4.78, 5) is 36.1. The van der Waals surface area contributed by atoms with E-state index in [1.54, 1.807) is 48.8 Å². The maximum absolute atomic E-state index is 13.7. The number of benzene rings is 4. The van der Waals surface area contributed by atoms with E-state index < -0.39 is 17.9 Å². The molecule has 2 heterocycles. The molecule has 2 unspecified atom stereocenters. The van der Waals surface area contributed by atoms with Gasteiger partial charge < -0.3 is 20.8 Å². The van der Waals surface area contributed by atoms with E-state index in [2.05, 4.69) is 51.4 Å². The number of carbonyl (C=O) groups is 2. The van der Waals surface area contributed by atoms with Crippen molar-refractivity contribution in [2.75, 3.05) is 13.2 Å². The third-order valence-corrected chi connectivity index (χ3v) is 9.15. The summed E-state index contributed by atoms with van der Waals surface area (Å²) in [5.41, 5.74) is 11.9. The van der Waals surface area contributed by atoms with Crippen molar-refractivity contribution < 1.29 is 18.7 Å². The lowest BCUT2D eigenvalue weighted by molar-refractivity contribution is -0.119. The van der Waals surface area contributed by atoms with Crippen molar-refractivity contribution in [1.29, 1.82) is 0 Å². The highest BCUT2D eigenvalue weighted by molar-refractivity contribution is 6.30. The molecule has 1 aromatic heterocycles. The second-order valence-corrected chi connectivity index (χ2v) is 12.3. The van der Waals surface area contributed by atoms with Crippen molar-refractivity contribution in [2.24, 2.45) is 5.73 Å². The number of likely N-dealkylation sites (N-methyl/N-ethyl adjacent to an activating group) is 1. The van der Waals surface area contributed by atoms with E-state index >= 15 is 0 Å². The lowest BCUT2D eigenvalue weighted by atomic mass is 9.92. The average molecular weight is 666 g/mol. The van der Waals surface area contributed by atoms with E-state index in [-0.39, 0.29) is 24.3 Å². The Labute approximate surface area is 284 Å². The van der Waals surface area contributed by atoms with Crippen LogP contribution in [-0.4, -0.2) is 45.9 Å². The van der Waals surface area contributed by atoms with Crippen LogP contribution in [0.1, 0.15) is 58.2 Å². The molecule has 0 aliphatic carbocycles. The fraction of sp³-hybridized carbons (Fsp3) is 0.237. The SMILES string of the molecule is CCN(C(Cc1ccc(-c2ccc(F)cc2)cc1)c1cnc[nH]1)C1CCOc2c(C(=O)N[C@@H](Cc3ccc(Cl)cc3)C(N)=O)cccc21. The highest BCUT2D eigenvalue weighted by Crippen LogP contribution is 2.42. The molecule has 4 aromatic carbocycles. The number of hydrogen-bond acceptors (Lipinski definition) is 5. The predicted molar refractivity (Wildman–Crippen MR) is 184 cm³/mol. The number of imidazole rings is 1. The maximum atomic E-state index is 13.7. The van der Waals surface area contributed by atoms with Crippen LogP contribution < -0.4 is 15.8 Å². The summed E-state index contributed by atoms with van der Waals surface area (Å²) in [6.45, 7) is 3.27. The lowest BCUT2D eigenvalue weighted by Crippen LogP contribution is -2.46. The molecule has 6 rings (SSSR count). The quantitative estimate of drug-likeness (QED) is 0.135. The predicted octanol–water partition coefficient (Wildman–Crippen LogP) is 6.83. The number of halogens is 2. The zero-order valence-electron chi connectivity index (χ0n) is 26.5. The molecule has 0 saturated heterocycles. The summed E-state index contributed by atoms with van der Waals surface area (Å²) in [7, 11) is 0. The monoisotopic (exact) mass is 665 g/mol. The van der Waals surface area contributed by atoms with Crippen molar-refractivity contribution in [2.45, 2.75) is 44.3 Å². The molecule has 0 saturated carbocycles. The van der Waals surface area contributed by atoms with Gasteiger partial charge in [0.05, 0.1) is 30.2 Å². The molecule has 246 valence electrons. The Kier molecular flexibility index (Phi) is 10.2. The number of aromatic nitrogens is 2. The van der Waals surface area contributed by atoms with Crippen molar-refractivity contribution in [1.82, 2.24) is 20.2 Å². The van der Waals surface area contributed by atoms with Gasteiger partial charge in [0.25, 0.3) is 5.91 Å². The second kappa shape index (κ2) is 14.8. The van der Waals surface area contributed by atoms with Gasteiger partial charge in [0, 0.05) is 35.7 Å². The summed E-state index contributed by atoms with van der Waals surface area (Å²) < 4.78 is 19.6. The lowest BCUT2D eigenvalue weighted by Gasteiger charge is -2.40. The number of hydrogen-bond donors (Lipinski definition) is 3. The molecule has 0 spiro atoms. The molecule has 0 radical (unpaired) electrons. The van der Waals surface area contributed by atoms with Gasteiger partial charge in [0.2, 0.25) is 5.91 Å². The van der Waals surface area contributed by atoms with E-state index in [4.69, 9.17) is 22.1 Å². The Bertz CT molecular complexity index is 1850. The van der Waals surface area contributed by atoms with Gasteiger partial charge in [-0.2, -0.15) is 0 Å². The number of para-hydroxylation sites is 1. The Morgan fingerprint density at radius 1 is 1.00 bits per heavy atom. The normalized spacial score (nSPS) is 15.3. The maximum Gasteiger partial charge on any atom is 0.255 e. The average Bonchev–Trinajstić information content (AvgIpc) is 3.64. The summed E-state index contributed by atoms with van der Waals surface area (Å²) in [6.07, 6.45) is 5.21. The number of nitrogens with zero attached hydrogens (tertiary/aromatic N) is 2. The van der Waals surface area contributed by atoms with Crippen molar-refractivity contribution in [3.8, 4) is 16.9 Å². The number of nitrogens with two attached hydrogens (primary N) is 1. The van der Waals surface area contributed by atoms with E-state index in [9.17, 15) is 14.0 Å². The van der Waals surface area contributed by atoms with Crippen LogP contribution in [0.2, 0.25) is 5.02 Å². The first kappa shape index (κ1) is 32.9. The van der Waals surface area contributed by atoms with Crippen LogP contribution in [-0.2, 0) is 17.6 Å². The highest BCUT2D eigenvalue weighted by atomic mass is 35.5. The number of carbonyl (C=O) groups excluding carboxylic acids is 2. The van der Waals surface area contributed by atoms with E-state index in [1.807, 2.05) is 18.3 Å². The molecule has 48 heavy (non-hydrogen) atoms. The molecule has 10 heteroatoms. The van der Waals surface area contributed by atoms with Crippen LogP contribution in [0.5, 0.6) is 5.75 Å². The number of rotatable bonds is 12. The third kappa shape index (κ3) is 7.43.